The van der Waals surface area contributed by atoms with Crippen molar-refractivity contribution in [2.24, 2.45) is 5.73 Å². The Balaban J connectivity index is 2.19. The minimum absolute atomic E-state index is 0.620. The molecule has 3 aromatic rings. The average Bonchev–Trinajstić information content (AvgIpc) is 3.03. The number of rotatable bonds is 5. The first-order valence-electron chi connectivity index (χ1n) is 7.53. The molecule has 116 valence electrons. The fourth-order valence-electron chi connectivity index (χ4n) is 2.89. The van der Waals surface area contributed by atoms with Crippen LogP contribution in [0.3, 0.4) is 0 Å². The summed E-state index contributed by atoms with van der Waals surface area (Å²) in [5.41, 5.74) is 10.5. The standard InChI is InChI=1S/C17H21N3OS/c1-4-14-11(2)22-17-19-16(15(9-10-18)20(14)17)12-5-7-13(21-3)8-6-12/h5-8H,4,9-10,18H2,1-3H3. The second-order valence-electron chi connectivity index (χ2n) is 5.25. The molecule has 3 rings (SSSR count). The number of nitrogens with zero attached hydrogens (tertiary/aromatic N) is 2. The van der Waals surface area contributed by atoms with E-state index in [1.165, 1.54) is 16.3 Å². The van der Waals surface area contributed by atoms with Gasteiger partial charge in [0.2, 0.25) is 0 Å². The van der Waals surface area contributed by atoms with Crippen LogP contribution in [0.5, 0.6) is 5.75 Å². The Morgan fingerprint density at radius 3 is 2.55 bits per heavy atom. The maximum atomic E-state index is 5.84. The molecule has 2 N–H and O–H groups in total. The summed E-state index contributed by atoms with van der Waals surface area (Å²) < 4.78 is 7.53. The van der Waals surface area contributed by atoms with Crippen molar-refractivity contribution in [3.05, 3.63) is 40.5 Å². The van der Waals surface area contributed by atoms with Crippen LogP contribution in [0.15, 0.2) is 24.3 Å². The summed E-state index contributed by atoms with van der Waals surface area (Å²) in [5.74, 6) is 0.857. The van der Waals surface area contributed by atoms with Gasteiger partial charge in [-0.25, -0.2) is 4.98 Å². The van der Waals surface area contributed by atoms with Crippen LogP contribution in [0.25, 0.3) is 16.2 Å². The molecular weight excluding hydrogens is 294 g/mol. The monoisotopic (exact) mass is 315 g/mol. The van der Waals surface area contributed by atoms with E-state index in [0.29, 0.717) is 6.54 Å². The number of hydrogen-bond acceptors (Lipinski definition) is 4. The lowest BCUT2D eigenvalue weighted by Gasteiger charge is -2.07. The molecule has 0 radical (unpaired) electrons. The highest BCUT2D eigenvalue weighted by molar-refractivity contribution is 7.17. The van der Waals surface area contributed by atoms with Gasteiger partial charge in [-0.3, -0.25) is 4.40 Å². The van der Waals surface area contributed by atoms with Crippen molar-refractivity contribution in [1.82, 2.24) is 9.38 Å². The van der Waals surface area contributed by atoms with Gasteiger partial charge >= 0.3 is 0 Å². The lowest BCUT2D eigenvalue weighted by Crippen LogP contribution is -2.07. The number of aryl methyl sites for hydroxylation is 2. The van der Waals surface area contributed by atoms with E-state index in [1.807, 2.05) is 12.1 Å². The molecule has 0 spiro atoms. The zero-order chi connectivity index (χ0) is 15.7. The van der Waals surface area contributed by atoms with E-state index in [9.17, 15) is 0 Å². The van der Waals surface area contributed by atoms with Gasteiger partial charge in [0.1, 0.15) is 5.75 Å². The molecule has 2 heterocycles. The molecule has 22 heavy (non-hydrogen) atoms. The van der Waals surface area contributed by atoms with E-state index in [2.05, 4.69) is 30.4 Å². The van der Waals surface area contributed by atoms with Gasteiger partial charge in [-0.2, -0.15) is 0 Å². The Morgan fingerprint density at radius 2 is 1.95 bits per heavy atom. The highest BCUT2D eigenvalue weighted by Crippen LogP contribution is 2.32. The summed E-state index contributed by atoms with van der Waals surface area (Å²) in [5, 5.41) is 0. The smallest absolute Gasteiger partial charge is 0.194 e. The Hall–Kier alpha value is -1.85. The lowest BCUT2D eigenvalue weighted by atomic mass is 10.1. The zero-order valence-corrected chi connectivity index (χ0v) is 14.0. The van der Waals surface area contributed by atoms with Crippen molar-refractivity contribution in [2.45, 2.75) is 26.7 Å². The first-order valence-corrected chi connectivity index (χ1v) is 8.35. The SMILES string of the molecule is CCc1c(C)sc2nc(-c3ccc(OC)cc3)c(CCN)n12. The van der Waals surface area contributed by atoms with Gasteiger partial charge in [0, 0.05) is 22.6 Å². The second kappa shape index (κ2) is 6.10. The first-order chi connectivity index (χ1) is 10.7. The minimum atomic E-state index is 0.620. The molecule has 1 aromatic carbocycles. The number of hydrogen-bond donors (Lipinski definition) is 1. The lowest BCUT2D eigenvalue weighted by molar-refractivity contribution is 0.415. The molecule has 2 aromatic heterocycles. The van der Waals surface area contributed by atoms with Gasteiger partial charge in [-0.1, -0.05) is 6.92 Å². The number of aromatic nitrogens is 2. The number of methoxy groups -OCH3 is 1. The van der Waals surface area contributed by atoms with Crippen LogP contribution < -0.4 is 10.5 Å². The van der Waals surface area contributed by atoms with Gasteiger partial charge in [0.25, 0.3) is 0 Å². The molecule has 0 unspecified atom stereocenters. The second-order valence-corrected chi connectivity index (χ2v) is 6.43. The zero-order valence-electron chi connectivity index (χ0n) is 13.2. The number of thiazole rings is 1. The average molecular weight is 315 g/mol. The third-order valence-corrected chi connectivity index (χ3v) is 4.94. The summed E-state index contributed by atoms with van der Waals surface area (Å²) in [6.07, 6.45) is 1.83. The number of benzene rings is 1. The third kappa shape index (κ3) is 2.40. The summed E-state index contributed by atoms with van der Waals surface area (Å²) in [7, 11) is 1.68. The maximum absolute atomic E-state index is 5.84. The number of nitrogens with two attached hydrogens (primary N) is 1. The van der Waals surface area contributed by atoms with E-state index < -0.39 is 0 Å². The van der Waals surface area contributed by atoms with Gasteiger partial charge < -0.3 is 10.5 Å². The molecule has 0 amide bonds. The van der Waals surface area contributed by atoms with Crippen LogP contribution in [-0.2, 0) is 12.8 Å². The normalized spacial score (nSPS) is 11.3. The van der Waals surface area contributed by atoms with Gasteiger partial charge in [0.05, 0.1) is 18.5 Å². The van der Waals surface area contributed by atoms with Crippen molar-refractivity contribution in [2.75, 3.05) is 13.7 Å². The highest BCUT2D eigenvalue weighted by Gasteiger charge is 2.18. The summed E-state index contributed by atoms with van der Waals surface area (Å²) in [4.78, 5) is 7.27. The molecule has 0 aliphatic rings. The Kier molecular flexibility index (Phi) is 4.18. The fraction of sp³-hybridized carbons (Fsp3) is 0.353. The molecule has 5 heteroatoms. The first kappa shape index (κ1) is 15.1. The van der Waals surface area contributed by atoms with Crippen molar-refractivity contribution < 1.29 is 4.74 Å². The molecule has 4 nitrogen and oxygen atoms in total. The molecule has 0 atom stereocenters. The minimum Gasteiger partial charge on any atom is -0.497 e. The molecule has 0 saturated carbocycles. The van der Waals surface area contributed by atoms with E-state index >= 15 is 0 Å². The number of ether oxygens (including phenoxy) is 1. The summed E-state index contributed by atoms with van der Waals surface area (Å²) in [6.45, 7) is 4.97. The largest absolute Gasteiger partial charge is 0.497 e. The van der Waals surface area contributed by atoms with Crippen LogP contribution in [0.4, 0.5) is 0 Å². The van der Waals surface area contributed by atoms with Crippen molar-refractivity contribution in [3.63, 3.8) is 0 Å². The predicted octanol–water partition coefficient (Wildman–Crippen LogP) is 3.44. The predicted molar refractivity (Wildman–Crippen MR) is 91.9 cm³/mol. The number of imidazole rings is 1. The van der Waals surface area contributed by atoms with Crippen LogP contribution in [0.1, 0.15) is 23.2 Å². The van der Waals surface area contributed by atoms with E-state index in [1.54, 1.807) is 18.4 Å². The topological polar surface area (TPSA) is 52.5 Å². The van der Waals surface area contributed by atoms with Crippen LogP contribution in [0, 0.1) is 6.92 Å². The van der Waals surface area contributed by atoms with E-state index in [4.69, 9.17) is 15.5 Å². The van der Waals surface area contributed by atoms with Crippen molar-refractivity contribution >= 4 is 16.3 Å². The molecule has 0 bridgehead atoms. The van der Waals surface area contributed by atoms with E-state index in [0.717, 1.165) is 34.8 Å². The van der Waals surface area contributed by atoms with Crippen LogP contribution >= 0.6 is 11.3 Å². The molecule has 0 aliphatic heterocycles. The molecule has 0 fully saturated rings. The Labute approximate surface area is 134 Å². The van der Waals surface area contributed by atoms with E-state index in [-0.39, 0.29) is 0 Å². The third-order valence-electron chi connectivity index (χ3n) is 3.94. The van der Waals surface area contributed by atoms with Crippen molar-refractivity contribution in [1.29, 1.82) is 0 Å². The molecular formula is C17H21N3OS. The number of fused-ring (bicyclic) bond motifs is 1. The van der Waals surface area contributed by atoms with Gasteiger partial charge in [-0.05, 0) is 44.2 Å². The molecule has 0 aliphatic carbocycles. The van der Waals surface area contributed by atoms with Crippen molar-refractivity contribution in [3.8, 4) is 17.0 Å². The van der Waals surface area contributed by atoms with Crippen LogP contribution in [0.2, 0.25) is 0 Å². The fourth-order valence-corrected chi connectivity index (χ4v) is 3.96. The molecule has 0 saturated heterocycles. The summed E-state index contributed by atoms with van der Waals surface area (Å²) >= 11 is 1.75. The highest BCUT2D eigenvalue weighted by atomic mass is 32.1. The van der Waals surface area contributed by atoms with Gasteiger partial charge in [-0.15, -0.1) is 11.3 Å². The summed E-state index contributed by atoms with van der Waals surface area (Å²) in [6, 6.07) is 8.06. The Morgan fingerprint density at radius 1 is 1.23 bits per heavy atom. The van der Waals surface area contributed by atoms with Crippen LogP contribution in [-0.4, -0.2) is 23.0 Å². The quantitative estimate of drug-likeness (QED) is 0.784. The van der Waals surface area contributed by atoms with Gasteiger partial charge in [0.15, 0.2) is 4.96 Å². The Bertz CT molecular complexity index is 786. The maximum Gasteiger partial charge on any atom is 0.194 e.